The average Bonchev–Trinajstić information content (AvgIpc) is 3.09. The molecule has 2 aliphatic heterocycles. The standard InChI is InChI=1S/C15H20N2O2/c18-13(12-4-2-1-3-5-12)14(19)17-9-7-15(11-17)6-8-16-10-15/h1-5,13,16,18H,6-11H2. The predicted molar refractivity (Wildman–Crippen MR) is 72.5 cm³/mol. The van der Waals surface area contributed by atoms with Gasteiger partial charge in [-0.05, 0) is 24.9 Å². The van der Waals surface area contributed by atoms with Gasteiger partial charge in [0, 0.05) is 25.0 Å². The zero-order chi connectivity index (χ0) is 13.3. The molecule has 0 aliphatic carbocycles. The second kappa shape index (κ2) is 4.94. The number of benzene rings is 1. The third kappa shape index (κ3) is 2.38. The lowest BCUT2D eigenvalue weighted by Gasteiger charge is -2.24. The van der Waals surface area contributed by atoms with Gasteiger partial charge >= 0.3 is 0 Å². The number of rotatable bonds is 2. The van der Waals surface area contributed by atoms with Crippen molar-refractivity contribution in [2.24, 2.45) is 5.41 Å². The van der Waals surface area contributed by atoms with Gasteiger partial charge in [-0.3, -0.25) is 4.79 Å². The molecule has 19 heavy (non-hydrogen) atoms. The molecule has 102 valence electrons. The molecule has 2 aliphatic rings. The van der Waals surface area contributed by atoms with Gasteiger partial charge in [0.2, 0.25) is 0 Å². The Morgan fingerprint density at radius 2 is 2.11 bits per heavy atom. The summed E-state index contributed by atoms with van der Waals surface area (Å²) in [6.45, 7) is 3.59. The number of hydrogen-bond donors (Lipinski definition) is 2. The van der Waals surface area contributed by atoms with Crippen LogP contribution in [0.25, 0.3) is 0 Å². The van der Waals surface area contributed by atoms with E-state index >= 15 is 0 Å². The van der Waals surface area contributed by atoms with E-state index in [2.05, 4.69) is 5.32 Å². The fourth-order valence-electron chi connectivity index (χ4n) is 3.22. The molecule has 1 aromatic carbocycles. The first-order valence-corrected chi connectivity index (χ1v) is 6.93. The molecule has 0 radical (unpaired) electrons. The first kappa shape index (κ1) is 12.6. The molecule has 1 amide bonds. The van der Waals surface area contributed by atoms with E-state index in [0.29, 0.717) is 5.56 Å². The second-order valence-corrected chi connectivity index (χ2v) is 5.75. The Labute approximate surface area is 113 Å². The van der Waals surface area contributed by atoms with E-state index in [1.54, 1.807) is 12.1 Å². The largest absolute Gasteiger partial charge is 0.378 e. The molecule has 4 nitrogen and oxygen atoms in total. The van der Waals surface area contributed by atoms with E-state index in [1.807, 2.05) is 23.1 Å². The molecule has 2 saturated heterocycles. The first-order valence-electron chi connectivity index (χ1n) is 6.93. The van der Waals surface area contributed by atoms with Gasteiger partial charge in [-0.1, -0.05) is 30.3 Å². The average molecular weight is 260 g/mol. The molecule has 0 saturated carbocycles. The van der Waals surface area contributed by atoms with E-state index in [1.165, 1.54) is 0 Å². The zero-order valence-electron chi connectivity index (χ0n) is 11.0. The molecular formula is C15H20N2O2. The summed E-state index contributed by atoms with van der Waals surface area (Å²) < 4.78 is 0. The summed E-state index contributed by atoms with van der Waals surface area (Å²) in [4.78, 5) is 14.2. The number of amides is 1. The number of nitrogens with one attached hydrogen (secondary N) is 1. The van der Waals surface area contributed by atoms with Crippen LogP contribution >= 0.6 is 0 Å². The molecule has 2 unspecified atom stereocenters. The van der Waals surface area contributed by atoms with Crippen LogP contribution in [0, 0.1) is 5.41 Å². The molecule has 2 N–H and O–H groups in total. The Kier molecular flexibility index (Phi) is 3.29. The summed E-state index contributed by atoms with van der Waals surface area (Å²) in [5, 5.41) is 13.5. The van der Waals surface area contributed by atoms with Crippen molar-refractivity contribution < 1.29 is 9.90 Å². The number of hydrogen-bond acceptors (Lipinski definition) is 3. The van der Waals surface area contributed by atoms with Gasteiger partial charge in [0.1, 0.15) is 0 Å². The maximum atomic E-state index is 12.3. The van der Waals surface area contributed by atoms with Gasteiger partial charge in [0.05, 0.1) is 0 Å². The fourth-order valence-corrected chi connectivity index (χ4v) is 3.22. The van der Waals surface area contributed by atoms with Crippen molar-refractivity contribution in [2.45, 2.75) is 18.9 Å². The maximum Gasteiger partial charge on any atom is 0.256 e. The molecule has 1 spiro atoms. The number of carbonyl (C=O) groups is 1. The van der Waals surface area contributed by atoms with Gasteiger partial charge in [-0.25, -0.2) is 0 Å². The van der Waals surface area contributed by atoms with Crippen molar-refractivity contribution in [2.75, 3.05) is 26.2 Å². The highest BCUT2D eigenvalue weighted by molar-refractivity contribution is 5.82. The summed E-state index contributed by atoms with van der Waals surface area (Å²) in [5.41, 5.74) is 0.935. The van der Waals surface area contributed by atoms with Crippen LogP contribution in [-0.2, 0) is 4.79 Å². The molecular weight excluding hydrogens is 240 g/mol. The molecule has 2 heterocycles. The quantitative estimate of drug-likeness (QED) is 0.832. The molecule has 2 atom stereocenters. The van der Waals surface area contributed by atoms with Crippen LogP contribution < -0.4 is 5.32 Å². The Bertz CT molecular complexity index is 454. The molecule has 0 aromatic heterocycles. The first-order chi connectivity index (χ1) is 9.20. The number of aliphatic hydroxyl groups excluding tert-OH is 1. The summed E-state index contributed by atoms with van der Waals surface area (Å²) in [6, 6.07) is 9.17. The van der Waals surface area contributed by atoms with E-state index in [9.17, 15) is 9.90 Å². The van der Waals surface area contributed by atoms with Crippen LogP contribution in [0.3, 0.4) is 0 Å². The van der Waals surface area contributed by atoms with Crippen LogP contribution in [0.2, 0.25) is 0 Å². The zero-order valence-corrected chi connectivity index (χ0v) is 11.0. The monoisotopic (exact) mass is 260 g/mol. The normalized spacial score (nSPS) is 27.9. The highest BCUT2D eigenvalue weighted by Crippen LogP contribution is 2.36. The molecule has 2 fully saturated rings. The molecule has 3 rings (SSSR count). The maximum absolute atomic E-state index is 12.3. The lowest BCUT2D eigenvalue weighted by atomic mass is 9.86. The van der Waals surface area contributed by atoms with Crippen molar-refractivity contribution in [1.82, 2.24) is 10.2 Å². The Morgan fingerprint density at radius 1 is 1.32 bits per heavy atom. The van der Waals surface area contributed by atoms with Gasteiger partial charge in [0.25, 0.3) is 5.91 Å². The fraction of sp³-hybridized carbons (Fsp3) is 0.533. The van der Waals surface area contributed by atoms with Crippen molar-refractivity contribution in [1.29, 1.82) is 0 Å². The summed E-state index contributed by atoms with van der Waals surface area (Å²) in [5.74, 6) is -0.157. The van der Waals surface area contributed by atoms with Crippen molar-refractivity contribution in [3.63, 3.8) is 0 Å². The van der Waals surface area contributed by atoms with Crippen LogP contribution in [0.15, 0.2) is 30.3 Å². The van der Waals surface area contributed by atoms with Crippen LogP contribution in [0.5, 0.6) is 0 Å². The highest BCUT2D eigenvalue weighted by atomic mass is 16.3. The van der Waals surface area contributed by atoms with E-state index in [4.69, 9.17) is 0 Å². The number of aliphatic hydroxyl groups is 1. The minimum absolute atomic E-state index is 0.157. The highest BCUT2D eigenvalue weighted by Gasteiger charge is 2.42. The van der Waals surface area contributed by atoms with Crippen LogP contribution in [-0.4, -0.2) is 42.1 Å². The van der Waals surface area contributed by atoms with E-state index < -0.39 is 6.10 Å². The van der Waals surface area contributed by atoms with E-state index in [-0.39, 0.29) is 11.3 Å². The Balaban J connectivity index is 1.68. The smallest absolute Gasteiger partial charge is 0.256 e. The van der Waals surface area contributed by atoms with Gasteiger partial charge in [-0.2, -0.15) is 0 Å². The van der Waals surface area contributed by atoms with Gasteiger partial charge < -0.3 is 15.3 Å². The summed E-state index contributed by atoms with van der Waals surface area (Å²) in [7, 11) is 0. The topological polar surface area (TPSA) is 52.6 Å². The predicted octanol–water partition coefficient (Wildman–Crippen LogP) is 0.932. The second-order valence-electron chi connectivity index (χ2n) is 5.75. The van der Waals surface area contributed by atoms with Gasteiger partial charge in [0.15, 0.2) is 6.10 Å². The minimum Gasteiger partial charge on any atom is -0.378 e. The number of likely N-dealkylation sites (tertiary alicyclic amines) is 1. The summed E-state index contributed by atoms with van der Waals surface area (Å²) >= 11 is 0. The van der Waals surface area contributed by atoms with Crippen LogP contribution in [0.1, 0.15) is 24.5 Å². The SMILES string of the molecule is O=C(C(O)c1ccccc1)N1CCC2(CCNC2)C1. The number of carbonyl (C=O) groups excluding carboxylic acids is 1. The minimum atomic E-state index is -1.02. The Morgan fingerprint density at radius 3 is 2.79 bits per heavy atom. The van der Waals surface area contributed by atoms with Crippen LogP contribution in [0.4, 0.5) is 0 Å². The van der Waals surface area contributed by atoms with Crippen molar-refractivity contribution >= 4 is 5.91 Å². The van der Waals surface area contributed by atoms with Gasteiger partial charge in [-0.15, -0.1) is 0 Å². The summed E-state index contributed by atoms with van der Waals surface area (Å²) in [6.07, 6.45) is 1.16. The van der Waals surface area contributed by atoms with E-state index in [0.717, 1.165) is 39.0 Å². The Hall–Kier alpha value is -1.39. The lowest BCUT2D eigenvalue weighted by molar-refractivity contribution is -0.139. The lowest BCUT2D eigenvalue weighted by Crippen LogP contribution is -2.36. The molecule has 1 aromatic rings. The molecule has 0 bridgehead atoms. The number of nitrogens with zero attached hydrogens (tertiary/aromatic N) is 1. The van der Waals surface area contributed by atoms with Crippen molar-refractivity contribution in [3.8, 4) is 0 Å². The molecule has 4 heteroatoms. The van der Waals surface area contributed by atoms with Crippen molar-refractivity contribution in [3.05, 3.63) is 35.9 Å². The third-order valence-electron chi connectivity index (χ3n) is 4.43. The third-order valence-corrected chi connectivity index (χ3v) is 4.43.